The zero-order valence-corrected chi connectivity index (χ0v) is 8.73. The summed E-state index contributed by atoms with van der Waals surface area (Å²) in [7, 11) is 0. The van der Waals surface area contributed by atoms with E-state index in [0.717, 1.165) is 0 Å². The Morgan fingerprint density at radius 3 is 1.69 bits per heavy atom. The van der Waals surface area contributed by atoms with Gasteiger partial charge in [0.05, 0.1) is 0 Å². The lowest BCUT2D eigenvalue weighted by Gasteiger charge is -2.09. The van der Waals surface area contributed by atoms with Gasteiger partial charge in [-0.2, -0.15) is 0 Å². The van der Waals surface area contributed by atoms with E-state index in [4.69, 9.17) is 0 Å². The van der Waals surface area contributed by atoms with Crippen LogP contribution in [0.15, 0.2) is 24.3 Å². The number of rotatable bonds is 1. The second-order valence-corrected chi connectivity index (χ2v) is 4.04. The predicted octanol–water partition coefficient (Wildman–Crippen LogP) is 4.62. The Bertz CT molecular complexity index is 153. The van der Waals surface area contributed by atoms with Crippen LogP contribution in [-0.2, 0) is 0 Å². The third-order valence-electron chi connectivity index (χ3n) is 2.85. The van der Waals surface area contributed by atoms with E-state index >= 15 is 0 Å². The zero-order valence-electron chi connectivity index (χ0n) is 8.73. The van der Waals surface area contributed by atoms with Gasteiger partial charge in [0.25, 0.3) is 0 Å². The third kappa shape index (κ3) is 4.92. The van der Waals surface area contributed by atoms with Crippen molar-refractivity contribution in [2.75, 3.05) is 0 Å². The van der Waals surface area contributed by atoms with Crippen molar-refractivity contribution >= 4 is 0 Å². The van der Waals surface area contributed by atoms with E-state index in [1.54, 1.807) is 5.57 Å². The molecule has 0 amide bonds. The maximum Gasteiger partial charge on any atom is -0.0317 e. The van der Waals surface area contributed by atoms with E-state index in [1.807, 2.05) is 6.08 Å². The fourth-order valence-electron chi connectivity index (χ4n) is 2.05. The first-order chi connectivity index (χ1) is 6.43. The summed E-state index contributed by atoms with van der Waals surface area (Å²) in [6.07, 6.45) is 16.8. The van der Waals surface area contributed by atoms with Crippen LogP contribution in [0.25, 0.3) is 0 Å². The molecule has 1 rings (SSSR count). The molecule has 1 aliphatic carbocycles. The van der Waals surface area contributed by atoms with Crippen molar-refractivity contribution in [2.24, 2.45) is 0 Å². The first-order valence-electron chi connectivity index (χ1n) is 5.74. The van der Waals surface area contributed by atoms with E-state index in [9.17, 15) is 0 Å². The Morgan fingerprint density at radius 1 is 0.769 bits per heavy atom. The zero-order chi connectivity index (χ0) is 9.36. The molecule has 0 spiro atoms. The summed E-state index contributed by atoms with van der Waals surface area (Å²) in [6.45, 7) is 3.77. The van der Waals surface area contributed by atoms with Crippen molar-refractivity contribution in [3.8, 4) is 0 Å². The van der Waals surface area contributed by atoms with Crippen LogP contribution in [0, 0.1) is 0 Å². The van der Waals surface area contributed by atoms with Crippen LogP contribution in [0.5, 0.6) is 0 Å². The molecule has 74 valence electrons. The number of hydrogen-bond donors (Lipinski definition) is 0. The third-order valence-corrected chi connectivity index (χ3v) is 2.85. The first kappa shape index (κ1) is 10.6. The van der Waals surface area contributed by atoms with Gasteiger partial charge in [-0.25, -0.2) is 0 Å². The average Bonchev–Trinajstić information content (AvgIpc) is 2.16. The van der Waals surface area contributed by atoms with Crippen molar-refractivity contribution < 1.29 is 0 Å². The summed E-state index contributed by atoms with van der Waals surface area (Å²) >= 11 is 0. The van der Waals surface area contributed by atoms with Crippen molar-refractivity contribution in [3.05, 3.63) is 24.3 Å². The quantitative estimate of drug-likeness (QED) is 0.549. The highest BCUT2D eigenvalue weighted by molar-refractivity contribution is 5.10. The van der Waals surface area contributed by atoms with E-state index < -0.39 is 0 Å². The molecule has 0 heterocycles. The Morgan fingerprint density at radius 2 is 1.23 bits per heavy atom. The standard InChI is InChI=1S/C13H22/c1-2-10-13-11-8-6-4-3-5-7-9-12-13/h2,10H,1,3-9,11-12H2. The molecule has 13 heavy (non-hydrogen) atoms. The highest BCUT2D eigenvalue weighted by Crippen LogP contribution is 2.20. The largest absolute Gasteiger partial charge is 0.0991 e. The number of allylic oxidation sites excluding steroid dienone is 3. The van der Waals surface area contributed by atoms with Gasteiger partial charge < -0.3 is 0 Å². The molecule has 1 saturated carbocycles. The summed E-state index contributed by atoms with van der Waals surface area (Å²) < 4.78 is 0. The van der Waals surface area contributed by atoms with E-state index in [-0.39, 0.29) is 0 Å². The van der Waals surface area contributed by atoms with Crippen molar-refractivity contribution in [2.45, 2.75) is 57.8 Å². The van der Waals surface area contributed by atoms with Crippen molar-refractivity contribution in [3.63, 3.8) is 0 Å². The molecule has 0 saturated heterocycles. The molecule has 0 unspecified atom stereocenters. The molecule has 0 N–H and O–H groups in total. The summed E-state index contributed by atoms with van der Waals surface area (Å²) in [5.74, 6) is 0. The van der Waals surface area contributed by atoms with Gasteiger partial charge in [0.2, 0.25) is 0 Å². The van der Waals surface area contributed by atoms with Crippen LogP contribution in [-0.4, -0.2) is 0 Å². The SMILES string of the molecule is C=CC=C1CCCCCCCCC1. The van der Waals surface area contributed by atoms with Gasteiger partial charge in [0.15, 0.2) is 0 Å². The molecule has 0 heteroatoms. The van der Waals surface area contributed by atoms with Crippen LogP contribution in [0.2, 0.25) is 0 Å². The summed E-state index contributed by atoms with van der Waals surface area (Å²) in [5, 5.41) is 0. The summed E-state index contributed by atoms with van der Waals surface area (Å²) in [4.78, 5) is 0. The lowest BCUT2D eigenvalue weighted by molar-refractivity contribution is 0.551. The molecule has 0 nitrogen and oxygen atoms in total. The Balaban J connectivity index is 2.34. The predicted molar refractivity (Wildman–Crippen MR) is 59.8 cm³/mol. The lowest BCUT2D eigenvalue weighted by Crippen LogP contribution is -1.90. The highest BCUT2D eigenvalue weighted by Gasteiger charge is 2.00. The molecule has 1 aliphatic rings. The summed E-state index contributed by atoms with van der Waals surface area (Å²) in [5.41, 5.74) is 1.62. The van der Waals surface area contributed by atoms with E-state index in [0.29, 0.717) is 0 Å². The van der Waals surface area contributed by atoms with Crippen LogP contribution in [0.3, 0.4) is 0 Å². The molecule has 0 aromatic rings. The minimum absolute atomic E-state index is 1.31. The summed E-state index contributed by atoms with van der Waals surface area (Å²) in [6, 6.07) is 0. The van der Waals surface area contributed by atoms with Crippen LogP contribution >= 0.6 is 0 Å². The van der Waals surface area contributed by atoms with Crippen LogP contribution < -0.4 is 0 Å². The molecule has 0 bridgehead atoms. The molecule has 0 aromatic heterocycles. The molecule has 1 fully saturated rings. The fourth-order valence-corrected chi connectivity index (χ4v) is 2.05. The number of hydrogen-bond acceptors (Lipinski definition) is 0. The minimum Gasteiger partial charge on any atom is -0.0991 e. The normalized spacial score (nSPS) is 20.8. The maximum absolute atomic E-state index is 3.77. The maximum atomic E-state index is 3.77. The molecular weight excluding hydrogens is 156 g/mol. The van der Waals surface area contributed by atoms with Crippen molar-refractivity contribution in [1.29, 1.82) is 0 Å². The Hall–Kier alpha value is -0.520. The molecular formula is C13H22. The molecule has 0 aromatic carbocycles. The van der Waals surface area contributed by atoms with Crippen LogP contribution in [0.4, 0.5) is 0 Å². The van der Waals surface area contributed by atoms with Gasteiger partial charge in [-0.05, 0) is 25.7 Å². The second-order valence-electron chi connectivity index (χ2n) is 4.04. The lowest BCUT2D eigenvalue weighted by atomic mass is 9.97. The van der Waals surface area contributed by atoms with Gasteiger partial charge in [0, 0.05) is 0 Å². The van der Waals surface area contributed by atoms with Crippen molar-refractivity contribution in [1.82, 2.24) is 0 Å². The van der Waals surface area contributed by atoms with E-state index in [1.165, 1.54) is 57.8 Å². The van der Waals surface area contributed by atoms with E-state index in [2.05, 4.69) is 12.7 Å². The van der Waals surface area contributed by atoms with Gasteiger partial charge >= 0.3 is 0 Å². The molecule has 0 atom stereocenters. The average molecular weight is 178 g/mol. The first-order valence-corrected chi connectivity index (χ1v) is 5.74. The van der Waals surface area contributed by atoms with Gasteiger partial charge in [-0.3, -0.25) is 0 Å². The smallest absolute Gasteiger partial charge is 0.0317 e. The van der Waals surface area contributed by atoms with Crippen LogP contribution in [0.1, 0.15) is 57.8 Å². The van der Waals surface area contributed by atoms with Gasteiger partial charge in [-0.15, -0.1) is 0 Å². The Labute approximate surface area is 82.7 Å². The monoisotopic (exact) mass is 178 g/mol. The molecule has 0 radical (unpaired) electrons. The van der Waals surface area contributed by atoms with Gasteiger partial charge in [-0.1, -0.05) is 56.4 Å². The topological polar surface area (TPSA) is 0 Å². The fraction of sp³-hybridized carbons (Fsp3) is 0.692. The Kier molecular flexibility index (Phi) is 5.64. The molecule has 0 aliphatic heterocycles. The minimum atomic E-state index is 1.31. The van der Waals surface area contributed by atoms with Gasteiger partial charge in [0.1, 0.15) is 0 Å². The second kappa shape index (κ2) is 6.94. The highest BCUT2D eigenvalue weighted by atomic mass is 14.1.